The van der Waals surface area contributed by atoms with Gasteiger partial charge in [0.25, 0.3) is 11.8 Å². The standard InChI is InChI=1S/C55H69N11O9/c1-5-7-18-43-62-49-50(66(43)33-36-21-25-38(26-22-36)58-44(67)19-8-6-2)40-15-11-12-16-41(40)60-51(49)64-55(74)75-34-37-23-27-39(28-24-37)59-52(71)42(17-14-31-57-54(56)73)61-53(72)48(35(3)4)63-45(68)20-10-9-13-32-65-46(69)29-30-47(65)70/h11-12,15-16,21-30,35,42,48H,5-10,13-14,17-20,31-34H2,1-4H3,(H,58,67)(H,59,71)(H,61,72)(H,63,68)(H3,56,57,73)(H,60,64,74)/t42-,48-/m0/s1. The number of anilines is 3. The van der Waals surface area contributed by atoms with E-state index in [0.29, 0.717) is 67.4 Å². The number of fused-ring (bicyclic) bond motifs is 3. The number of benzene rings is 3. The summed E-state index contributed by atoms with van der Waals surface area (Å²) in [5, 5.41) is 17.5. The van der Waals surface area contributed by atoms with E-state index in [1.165, 1.54) is 12.2 Å². The van der Waals surface area contributed by atoms with Crippen LogP contribution in [0.15, 0.2) is 84.9 Å². The van der Waals surface area contributed by atoms with Crippen LogP contribution >= 0.6 is 0 Å². The molecule has 20 heteroatoms. The number of nitrogens with two attached hydrogens (primary N) is 1. The highest BCUT2D eigenvalue weighted by Gasteiger charge is 2.29. The van der Waals surface area contributed by atoms with Crippen LogP contribution < -0.4 is 37.6 Å². The van der Waals surface area contributed by atoms with Crippen LogP contribution in [0, 0.1) is 5.92 Å². The van der Waals surface area contributed by atoms with Gasteiger partial charge < -0.3 is 41.6 Å². The first-order chi connectivity index (χ1) is 36.1. The van der Waals surface area contributed by atoms with Crippen molar-refractivity contribution < 1.29 is 43.1 Å². The minimum Gasteiger partial charge on any atom is -0.444 e. The van der Waals surface area contributed by atoms with Gasteiger partial charge in [-0.05, 0) is 85.9 Å². The molecule has 9 amide bonds. The first kappa shape index (κ1) is 56.1. The van der Waals surface area contributed by atoms with E-state index in [-0.39, 0.29) is 67.9 Å². The summed E-state index contributed by atoms with van der Waals surface area (Å²) in [6, 6.07) is 19.3. The van der Waals surface area contributed by atoms with E-state index in [1.54, 1.807) is 38.1 Å². The number of amides is 9. The Bertz CT molecular complexity index is 2840. The lowest BCUT2D eigenvalue weighted by molar-refractivity contribution is -0.137. The average Bonchev–Trinajstić information content (AvgIpc) is 3.93. The maximum absolute atomic E-state index is 13.7. The van der Waals surface area contributed by atoms with Crippen LogP contribution in [0.2, 0.25) is 0 Å². The van der Waals surface area contributed by atoms with Crippen LogP contribution in [0.1, 0.15) is 115 Å². The average molecular weight is 1030 g/mol. The van der Waals surface area contributed by atoms with Gasteiger partial charge in [-0.15, -0.1) is 0 Å². The van der Waals surface area contributed by atoms with Crippen LogP contribution in [0.25, 0.3) is 21.9 Å². The molecule has 1 aliphatic heterocycles. The summed E-state index contributed by atoms with van der Waals surface area (Å²) < 4.78 is 7.83. The van der Waals surface area contributed by atoms with E-state index in [2.05, 4.69) is 50.3 Å². The Hall–Kier alpha value is -8.16. The molecule has 0 saturated heterocycles. The third-order valence-corrected chi connectivity index (χ3v) is 12.6. The Labute approximate surface area is 436 Å². The number of rotatable bonds is 28. The highest BCUT2D eigenvalue weighted by molar-refractivity contribution is 6.13. The minimum absolute atomic E-state index is 0.0128. The first-order valence-corrected chi connectivity index (χ1v) is 25.8. The van der Waals surface area contributed by atoms with Gasteiger partial charge in [-0.25, -0.2) is 19.6 Å². The normalized spacial score (nSPS) is 12.9. The molecule has 6 rings (SSSR count). The predicted octanol–water partition coefficient (Wildman–Crippen LogP) is 7.35. The Morgan fingerprint density at radius 3 is 2.04 bits per heavy atom. The number of imidazole rings is 1. The summed E-state index contributed by atoms with van der Waals surface area (Å²) in [4.78, 5) is 112. The van der Waals surface area contributed by atoms with Crippen molar-refractivity contribution in [2.75, 3.05) is 29.0 Å². The van der Waals surface area contributed by atoms with Gasteiger partial charge in [0.2, 0.25) is 23.6 Å². The van der Waals surface area contributed by atoms with Gasteiger partial charge in [0.15, 0.2) is 5.82 Å². The van der Waals surface area contributed by atoms with Gasteiger partial charge in [-0.1, -0.05) is 89.4 Å². The van der Waals surface area contributed by atoms with E-state index in [9.17, 15) is 38.4 Å². The molecular weight excluding hydrogens is 959 g/mol. The van der Waals surface area contributed by atoms with Crippen LogP contribution in [-0.4, -0.2) is 92.2 Å². The summed E-state index contributed by atoms with van der Waals surface area (Å²) in [5.41, 5.74) is 9.98. The van der Waals surface area contributed by atoms with Crippen LogP contribution in [0.5, 0.6) is 0 Å². The molecule has 75 heavy (non-hydrogen) atoms. The molecular formula is C55H69N11O9. The minimum atomic E-state index is -1.06. The number of carbonyl (C=O) groups excluding carboxylic acids is 8. The van der Waals surface area contributed by atoms with Gasteiger partial charge >= 0.3 is 12.1 Å². The number of nitrogens with one attached hydrogen (secondary N) is 6. The molecule has 3 heterocycles. The quantitative estimate of drug-likeness (QED) is 0.0192. The number of pyridine rings is 1. The molecule has 1 aliphatic rings. The number of urea groups is 1. The topological polar surface area (TPSA) is 278 Å². The van der Waals surface area contributed by atoms with Crippen molar-refractivity contribution in [3.8, 4) is 0 Å². The number of ether oxygens (including phenoxy) is 1. The summed E-state index contributed by atoms with van der Waals surface area (Å²) in [7, 11) is 0. The Kier molecular flexibility index (Phi) is 20.8. The van der Waals surface area contributed by atoms with E-state index >= 15 is 0 Å². The Balaban J connectivity index is 1.07. The number of hydrogen-bond donors (Lipinski definition) is 7. The number of para-hydroxylation sites is 1. The molecule has 0 radical (unpaired) electrons. The zero-order valence-corrected chi connectivity index (χ0v) is 43.2. The number of primary amides is 1. The first-order valence-electron chi connectivity index (χ1n) is 25.8. The van der Waals surface area contributed by atoms with Gasteiger partial charge in [-0.2, -0.15) is 0 Å². The van der Waals surface area contributed by atoms with Crippen LogP contribution in [-0.2, 0) is 53.1 Å². The molecule has 398 valence electrons. The molecule has 0 bridgehead atoms. The number of carbonyl (C=O) groups is 8. The number of imide groups is 1. The van der Waals surface area contributed by atoms with Crippen molar-refractivity contribution in [2.24, 2.45) is 11.7 Å². The maximum atomic E-state index is 13.7. The molecule has 2 aromatic heterocycles. The zero-order valence-electron chi connectivity index (χ0n) is 43.2. The molecule has 0 spiro atoms. The lowest BCUT2D eigenvalue weighted by atomic mass is 10.0. The molecule has 0 aliphatic carbocycles. The van der Waals surface area contributed by atoms with Crippen molar-refractivity contribution in [3.05, 3.63) is 102 Å². The predicted molar refractivity (Wildman–Crippen MR) is 286 cm³/mol. The van der Waals surface area contributed by atoms with Crippen molar-refractivity contribution in [3.63, 3.8) is 0 Å². The van der Waals surface area contributed by atoms with Crippen molar-refractivity contribution in [2.45, 2.75) is 130 Å². The summed E-state index contributed by atoms with van der Waals surface area (Å²) in [6.07, 6.45) is 8.62. The largest absolute Gasteiger partial charge is 0.444 e. The van der Waals surface area contributed by atoms with E-state index in [1.807, 2.05) is 48.5 Å². The van der Waals surface area contributed by atoms with E-state index < -0.39 is 36.0 Å². The summed E-state index contributed by atoms with van der Waals surface area (Å²) >= 11 is 0. The molecule has 0 unspecified atom stereocenters. The monoisotopic (exact) mass is 1030 g/mol. The Morgan fingerprint density at radius 1 is 0.693 bits per heavy atom. The number of hydrogen-bond acceptors (Lipinski definition) is 11. The van der Waals surface area contributed by atoms with Gasteiger partial charge in [0.1, 0.15) is 30.0 Å². The second-order valence-corrected chi connectivity index (χ2v) is 18.9. The third-order valence-electron chi connectivity index (χ3n) is 12.6. The molecule has 2 atom stereocenters. The molecule has 0 fully saturated rings. The molecule has 5 aromatic rings. The fourth-order valence-electron chi connectivity index (χ4n) is 8.51. The van der Waals surface area contributed by atoms with E-state index in [4.69, 9.17) is 20.4 Å². The number of aryl methyl sites for hydroxylation is 1. The number of unbranched alkanes of at least 4 members (excludes halogenated alkanes) is 4. The highest BCUT2D eigenvalue weighted by Crippen LogP contribution is 2.32. The van der Waals surface area contributed by atoms with Gasteiger partial charge in [0.05, 0.1) is 11.0 Å². The fraction of sp³-hybridized carbons (Fsp3) is 0.418. The third kappa shape index (κ3) is 16.4. The molecule has 20 nitrogen and oxygen atoms in total. The SMILES string of the molecule is CCCCC(=O)Nc1ccc(Cn2c(CCCC)nc3c(NC(=O)OCc4ccc(NC(=O)[C@H](CCCNC(N)=O)NC(=O)[C@@H](NC(=O)CCCCCN5C(=O)C=CC5=O)C(C)C)cc4)nc4ccccc4c32)cc1. The van der Waals surface area contributed by atoms with Crippen molar-refractivity contribution in [1.82, 2.24) is 35.4 Å². The van der Waals surface area contributed by atoms with Crippen molar-refractivity contribution >= 4 is 86.7 Å². The zero-order chi connectivity index (χ0) is 53.9. The summed E-state index contributed by atoms with van der Waals surface area (Å²) in [5.74, 6) is -1.44. The lowest BCUT2D eigenvalue weighted by Crippen LogP contribution is -2.54. The second-order valence-electron chi connectivity index (χ2n) is 18.9. The van der Waals surface area contributed by atoms with Crippen LogP contribution in [0.3, 0.4) is 0 Å². The van der Waals surface area contributed by atoms with Crippen LogP contribution in [0.4, 0.5) is 26.8 Å². The van der Waals surface area contributed by atoms with Gasteiger partial charge in [0, 0.05) is 67.8 Å². The number of aromatic nitrogens is 3. The van der Waals surface area contributed by atoms with E-state index in [0.717, 1.165) is 58.6 Å². The Morgan fingerprint density at radius 2 is 1.36 bits per heavy atom. The smallest absolute Gasteiger partial charge is 0.413 e. The fourth-order valence-corrected chi connectivity index (χ4v) is 8.51. The summed E-state index contributed by atoms with van der Waals surface area (Å²) in [6.45, 7) is 8.49. The molecule has 0 saturated carbocycles. The second kappa shape index (κ2) is 27.8. The molecule has 3 aromatic carbocycles. The highest BCUT2D eigenvalue weighted by atomic mass is 16.5. The number of nitrogens with zero attached hydrogens (tertiary/aromatic N) is 4. The molecule has 8 N–H and O–H groups in total. The van der Waals surface area contributed by atoms with Gasteiger partial charge in [-0.3, -0.25) is 39.0 Å². The lowest BCUT2D eigenvalue weighted by Gasteiger charge is -2.25. The van der Waals surface area contributed by atoms with Crippen molar-refractivity contribution in [1.29, 1.82) is 0 Å². The maximum Gasteiger partial charge on any atom is 0.413 e.